The molecule has 0 unspecified atom stereocenters. The lowest BCUT2D eigenvalue weighted by Gasteiger charge is -2.56. The lowest BCUT2D eigenvalue weighted by atomic mass is 9.69. The van der Waals surface area contributed by atoms with Crippen molar-refractivity contribution in [2.75, 3.05) is 0 Å². The van der Waals surface area contributed by atoms with Crippen LogP contribution in [0.1, 0.15) is 127 Å². The second-order valence-electron chi connectivity index (χ2n) is 16.2. The van der Waals surface area contributed by atoms with Crippen LogP contribution in [-0.4, -0.2) is 68.4 Å². The second-order valence-corrected chi connectivity index (χ2v) is 16.2. The van der Waals surface area contributed by atoms with Gasteiger partial charge in [0.25, 0.3) is 0 Å². The van der Waals surface area contributed by atoms with E-state index >= 15 is 0 Å². The van der Waals surface area contributed by atoms with Crippen molar-refractivity contribution in [2.45, 2.75) is 163 Å². The third kappa shape index (κ3) is 12.8. The topological polar surface area (TPSA) is 136 Å². The molecule has 0 aromatic heterocycles. The number of carbonyl (C=O) groups excluding carboxylic acids is 2. The van der Waals surface area contributed by atoms with Crippen molar-refractivity contribution in [3.63, 3.8) is 0 Å². The molecule has 292 valence electrons. The zero-order valence-corrected chi connectivity index (χ0v) is 33.4. The molecule has 8 nitrogen and oxygen atoms in total. The Bertz CT molecular complexity index is 1190. The maximum Gasteiger partial charge on any atom is 0.225 e. The average molecular weight is 716 g/mol. The average Bonchev–Trinajstić information content (AvgIpc) is 3.09. The van der Waals surface area contributed by atoms with Crippen LogP contribution in [0.5, 0.6) is 0 Å². The van der Waals surface area contributed by atoms with Gasteiger partial charge in [-0.05, 0) is 70.1 Å². The molecule has 0 aromatic carbocycles. The first-order valence-corrected chi connectivity index (χ1v) is 19.9. The van der Waals surface area contributed by atoms with E-state index in [2.05, 4.69) is 57.3 Å². The molecule has 0 radical (unpaired) electrons. The van der Waals surface area contributed by atoms with Crippen LogP contribution in [-0.2, 0) is 14.3 Å². The molecule has 1 amide bonds. The minimum atomic E-state index is -0.915. The van der Waals surface area contributed by atoms with E-state index in [1.807, 2.05) is 46.8 Å². The van der Waals surface area contributed by atoms with Gasteiger partial charge in [-0.25, -0.2) is 0 Å². The standard InChI is InChI=1S/C43H73NO7/c1-11-35(24-23-31(7)45)41(49)32(8)37(46)22-18-14-16-20-28(4)27(3)19-15-13-17-21-29(5)38(47)26-39-33(9)40(48)34(10)43(51-39)30(6)25-36(12-2)42(50)44-43/h13-16,18-19,22,28-30,32-41,46-49H,11-12,17,20-21,23-26H2,1-10H3,(H,44,50)/b15-13+,16-14+,22-18+,27-19+/t28-,29-,30-,32-,33-,34-,35+,36-,37-,38-,39-,40-,41+,43+/m0/s1. The predicted molar refractivity (Wildman–Crippen MR) is 206 cm³/mol. The minimum absolute atomic E-state index is 0.00448. The van der Waals surface area contributed by atoms with Gasteiger partial charge in [-0.2, -0.15) is 0 Å². The molecule has 0 bridgehead atoms. The molecule has 2 aliphatic heterocycles. The molecule has 5 N–H and O–H groups in total. The minimum Gasteiger partial charge on any atom is -0.393 e. The first kappa shape index (κ1) is 45.1. The predicted octanol–water partition coefficient (Wildman–Crippen LogP) is 7.46. The Balaban J connectivity index is 1.81. The van der Waals surface area contributed by atoms with E-state index in [1.165, 1.54) is 5.57 Å². The number of rotatable bonds is 20. The van der Waals surface area contributed by atoms with Crippen LogP contribution in [0, 0.1) is 47.3 Å². The normalized spacial score (nSPS) is 31.9. The van der Waals surface area contributed by atoms with Gasteiger partial charge >= 0.3 is 0 Å². The number of hydrogen-bond donors (Lipinski definition) is 5. The molecule has 14 atom stereocenters. The summed E-state index contributed by atoms with van der Waals surface area (Å²) in [7, 11) is 0. The first-order valence-electron chi connectivity index (χ1n) is 19.9. The SMILES string of the molecule is CC[C@H]1C[C@H](C)[C@@]2(NC1=O)O[C@@H](C[C@H](O)[C@@H](C)CC/C=C/C=C(\C)[C@@H](C)C/C=C/C=C/[C@H](O)[C@H](C)[C@@H](O)[C@H](CC)CCC(C)=O)[C@H](C)[C@H](O)[C@@H]2C. The summed E-state index contributed by atoms with van der Waals surface area (Å²) in [6, 6.07) is 0. The zero-order valence-electron chi connectivity index (χ0n) is 33.4. The number of hydrogen-bond acceptors (Lipinski definition) is 7. The number of piperidine rings is 1. The Morgan fingerprint density at radius 2 is 1.71 bits per heavy atom. The lowest BCUT2D eigenvalue weighted by molar-refractivity contribution is -0.267. The van der Waals surface area contributed by atoms with Crippen LogP contribution in [0.25, 0.3) is 0 Å². The molecule has 2 rings (SSSR count). The molecule has 0 saturated carbocycles. The summed E-state index contributed by atoms with van der Waals surface area (Å²) in [5, 5.41) is 46.9. The number of allylic oxidation sites excluding steroid dienone is 7. The van der Waals surface area contributed by atoms with Gasteiger partial charge < -0.3 is 35.3 Å². The monoisotopic (exact) mass is 716 g/mol. The molecule has 8 heteroatoms. The fourth-order valence-corrected chi connectivity index (χ4v) is 7.88. The maximum absolute atomic E-state index is 12.9. The van der Waals surface area contributed by atoms with Crippen molar-refractivity contribution >= 4 is 11.7 Å². The Morgan fingerprint density at radius 1 is 1.02 bits per heavy atom. The Morgan fingerprint density at radius 3 is 2.33 bits per heavy atom. The van der Waals surface area contributed by atoms with Crippen molar-refractivity contribution in [2.24, 2.45) is 47.3 Å². The molecule has 2 aliphatic rings. The summed E-state index contributed by atoms with van der Waals surface area (Å²) in [5.41, 5.74) is 0.349. The van der Waals surface area contributed by atoms with Crippen molar-refractivity contribution in [1.29, 1.82) is 0 Å². The second kappa shape index (κ2) is 21.6. The van der Waals surface area contributed by atoms with Crippen LogP contribution in [0.4, 0.5) is 0 Å². The number of ketones is 1. The highest BCUT2D eigenvalue weighted by Crippen LogP contribution is 2.46. The van der Waals surface area contributed by atoms with Crippen LogP contribution in [0.15, 0.2) is 48.1 Å². The summed E-state index contributed by atoms with van der Waals surface area (Å²) in [5.74, 6) is -0.190. The van der Waals surface area contributed by atoms with E-state index in [0.717, 1.165) is 38.5 Å². The fraction of sp³-hybridized carbons (Fsp3) is 0.767. The summed E-state index contributed by atoms with van der Waals surface area (Å²) in [6.07, 6.45) is 17.3. The number of aliphatic hydroxyl groups excluding tert-OH is 4. The number of ether oxygens (including phenoxy) is 1. The van der Waals surface area contributed by atoms with Gasteiger partial charge in [0.2, 0.25) is 5.91 Å². The highest BCUT2D eigenvalue weighted by Gasteiger charge is 2.57. The molecule has 0 aliphatic carbocycles. The van der Waals surface area contributed by atoms with Crippen LogP contribution in [0.3, 0.4) is 0 Å². The van der Waals surface area contributed by atoms with Crippen molar-refractivity contribution in [3.05, 3.63) is 48.1 Å². The smallest absolute Gasteiger partial charge is 0.225 e. The Hall–Kier alpha value is -2.10. The molecule has 2 fully saturated rings. The summed E-state index contributed by atoms with van der Waals surface area (Å²) in [4.78, 5) is 24.2. The number of nitrogens with one attached hydrogen (secondary N) is 1. The summed E-state index contributed by atoms with van der Waals surface area (Å²) in [6.45, 7) is 19.9. The van der Waals surface area contributed by atoms with Gasteiger partial charge in [0.1, 0.15) is 11.5 Å². The highest BCUT2D eigenvalue weighted by atomic mass is 16.5. The maximum atomic E-state index is 12.9. The van der Waals surface area contributed by atoms with E-state index in [-0.39, 0.29) is 59.2 Å². The van der Waals surface area contributed by atoms with Gasteiger partial charge in [-0.15, -0.1) is 0 Å². The number of carbonyl (C=O) groups is 2. The zero-order chi connectivity index (χ0) is 38.5. The molecular weight excluding hydrogens is 642 g/mol. The van der Waals surface area contributed by atoms with E-state index < -0.39 is 30.1 Å². The van der Waals surface area contributed by atoms with Crippen LogP contribution < -0.4 is 5.32 Å². The van der Waals surface area contributed by atoms with E-state index in [0.29, 0.717) is 25.2 Å². The van der Waals surface area contributed by atoms with Gasteiger partial charge in [-0.3, -0.25) is 4.79 Å². The molecule has 51 heavy (non-hydrogen) atoms. The number of amides is 1. The van der Waals surface area contributed by atoms with Crippen molar-refractivity contribution < 1.29 is 34.8 Å². The molecule has 0 aromatic rings. The van der Waals surface area contributed by atoms with Gasteiger partial charge in [0.05, 0.1) is 30.5 Å². The Labute approximate surface area is 309 Å². The molecule has 1 spiro atoms. The molecular formula is C43H73NO7. The highest BCUT2D eigenvalue weighted by molar-refractivity contribution is 5.80. The molecule has 2 saturated heterocycles. The third-order valence-electron chi connectivity index (χ3n) is 12.4. The van der Waals surface area contributed by atoms with Gasteiger partial charge in [0, 0.05) is 42.4 Å². The first-order chi connectivity index (χ1) is 24.0. The number of aliphatic hydroxyl groups is 4. The number of Topliss-reactive ketones (excluding diaryl/α,β-unsaturated/α-hetero) is 1. The quantitative estimate of drug-likeness (QED) is 0.0826. The third-order valence-corrected chi connectivity index (χ3v) is 12.4. The van der Waals surface area contributed by atoms with E-state index in [4.69, 9.17) is 4.74 Å². The van der Waals surface area contributed by atoms with Crippen molar-refractivity contribution in [3.8, 4) is 0 Å². The van der Waals surface area contributed by atoms with Crippen molar-refractivity contribution in [1.82, 2.24) is 5.32 Å². The summed E-state index contributed by atoms with van der Waals surface area (Å²) < 4.78 is 6.68. The Kier molecular flexibility index (Phi) is 19.1. The van der Waals surface area contributed by atoms with Crippen LogP contribution >= 0.6 is 0 Å². The van der Waals surface area contributed by atoms with E-state index in [1.54, 1.807) is 13.0 Å². The van der Waals surface area contributed by atoms with Gasteiger partial charge in [0.15, 0.2) is 0 Å². The van der Waals surface area contributed by atoms with E-state index in [9.17, 15) is 30.0 Å². The van der Waals surface area contributed by atoms with Gasteiger partial charge in [-0.1, -0.05) is 110 Å². The summed E-state index contributed by atoms with van der Waals surface area (Å²) >= 11 is 0. The fourth-order valence-electron chi connectivity index (χ4n) is 7.88. The lowest BCUT2D eigenvalue weighted by Crippen LogP contribution is -2.71. The largest absolute Gasteiger partial charge is 0.393 e. The molecule has 2 heterocycles. The van der Waals surface area contributed by atoms with Crippen LogP contribution in [0.2, 0.25) is 0 Å².